The molecule has 2 aromatic carbocycles. The Balaban J connectivity index is 2.18. The van der Waals surface area contributed by atoms with E-state index < -0.39 is 28.1 Å². The molecule has 1 N–H and O–H groups in total. The lowest BCUT2D eigenvalue weighted by molar-refractivity contribution is -0.133. The summed E-state index contributed by atoms with van der Waals surface area (Å²) in [5.74, 6) is -1.11. The number of hydrogen-bond donors (Lipinski definition) is 1. The van der Waals surface area contributed by atoms with Crippen molar-refractivity contribution in [1.29, 1.82) is 0 Å². The van der Waals surface area contributed by atoms with Gasteiger partial charge in [0, 0.05) is 10.5 Å². The fourth-order valence-corrected chi connectivity index (χ4v) is 5.56. The lowest BCUT2D eigenvalue weighted by Gasteiger charge is -2.30. The molecule has 2 aromatic rings. The molecule has 0 amide bonds. The summed E-state index contributed by atoms with van der Waals surface area (Å²) in [5.41, 5.74) is 1.65. The molecule has 0 unspecified atom stereocenters. The number of aliphatic carboxylic acids is 1. The Morgan fingerprint density at radius 1 is 1.19 bits per heavy atom. The van der Waals surface area contributed by atoms with E-state index in [4.69, 9.17) is 0 Å². The number of benzene rings is 2. The van der Waals surface area contributed by atoms with E-state index in [1.165, 1.54) is 4.31 Å². The van der Waals surface area contributed by atoms with Gasteiger partial charge in [0.05, 0.1) is 16.5 Å². The first-order valence-electron chi connectivity index (χ1n) is 8.56. The predicted octanol–water partition coefficient (Wildman–Crippen LogP) is 4.29. The van der Waals surface area contributed by atoms with E-state index in [9.17, 15) is 18.3 Å². The first-order valence-corrected chi connectivity index (χ1v) is 10.8. The third kappa shape index (κ3) is 3.72. The molecule has 0 bridgehead atoms. The third-order valence-electron chi connectivity index (χ3n) is 4.67. The molecule has 1 aliphatic heterocycles. The molecular formula is C20H20BrNO4S. The molecule has 0 saturated heterocycles. The standard InChI is InChI=1S/C20H20BrNO4S/c1-3-16-12-18(20(23)24)19(14-5-4-6-15(21)11-14)22(16)27(25,26)17-9-7-13(2)8-10-17/h4-12,16,19H,3H2,1-2H3,(H,23,24)/t16-,19+/m0/s1. The van der Waals surface area contributed by atoms with Crippen molar-refractivity contribution < 1.29 is 18.3 Å². The maximum absolute atomic E-state index is 13.4. The largest absolute Gasteiger partial charge is 0.478 e. The number of aryl methyl sites for hydroxylation is 1. The number of carbonyl (C=O) groups is 1. The van der Waals surface area contributed by atoms with Crippen molar-refractivity contribution in [3.05, 3.63) is 75.8 Å². The van der Waals surface area contributed by atoms with Gasteiger partial charge in [0.15, 0.2) is 0 Å². The molecule has 0 saturated carbocycles. The number of carboxylic acids is 1. The molecule has 3 rings (SSSR count). The maximum atomic E-state index is 13.4. The Labute approximate surface area is 167 Å². The number of rotatable bonds is 5. The van der Waals surface area contributed by atoms with Crippen LogP contribution < -0.4 is 0 Å². The normalized spacial score (nSPS) is 20.5. The number of hydrogen-bond acceptors (Lipinski definition) is 3. The second-order valence-electron chi connectivity index (χ2n) is 6.51. The summed E-state index contributed by atoms with van der Waals surface area (Å²) in [5, 5.41) is 9.72. The molecule has 0 radical (unpaired) electrons. The van der Waals surface area contributed by atoms with Gasteiger partial charge >= 0.3 is 5.97 Å². The SMILES string of the molecule is CC[C@H]1C=C(C(=O)O)[C@@H](c2cccc(Br)c2)N1S(=O)(=O)c1ccc(C)cc1. The van der Waals surface area contributed by atoms with Gasteiger partial charge in [-0.05, 0) is 43.2 Å². The molecule has 1 aliphatic rings. The van der Waals surface area contributed by atoms with Crippen LogP contribution in [0.4, 0.5) is 0 Å². The van der Waals surface area contributed by atoms with Crippen LogP contribution in [0.1, 0.15) is 30.5 Å². The van der Waals surface area contributed by atoms with Crippen LogP contribution in [0.15, 0.2) is 69.5 Å². The van der Waals surface area contributed by atoms with Crippen LogP contribution in [0.25, 0.3) is 0 Å². The van der Waals surface area contributed by atoms with E-state index in [0.29, 0.717) is 12.0 Å². The molecule has 0 aromatic heterocycles. The summed E-state index contributed by atoms with van der Waals surface area (Å²) in [6.07, 6.45) is 2.03. The van der Waals surface area contributed by atoms with Gasteiger partial charge in [-0.2, -0.15) is 4.31 Å². The number of sulfonamides is 1. The first-order chi connectivity index (χ1) is 12.8. The third-order valence-corrected chi connectivity index (χ3v) is 7.07. The minimum Gasteiger partial charge on any atom is -0.478 e. The minimum atomic E-state index is -3.89. The average molecular weight is 450 g/mol. The van der Waals surface area contributed by atoms with E-state index in [1.54, 1.807) is 48.5 Å². The summed E-state index contributed by atoms with van der Waals surface area (Å²) >= 11 is 3.39. The van der Waals surface area contributed by atoms with Crippen molar-refractivity contribution in [2.75, 3.05) is 0 Å². The van der Waals surface area contributed by atoms with Gasteiger partial charge in [0.25, 0.3) is 0 Å². The molecule has 1 heterocycles. The summed E-state index contributed by atoms with van der Waals surface area (Å²) in [4.78, 5) is 12.0. The Bertz CT molecular complexity index is 999. The van der Waals surface area contributed by atoms with Crippen LogP contribution in [-0.4, -0.2) is 29.8 Å². The Morgan fingerprint density at radius 2 is 1.85 bits per heavy atom. The van der Waals surface area contributed by atoms with Crippen molar-refractivity contribution in [2.45, 2.75) is 37.2 Å². The van der Waals surface area contributed by atoms with Gasteiger partial charge in [-0.15, -0.1) is 0 Å². The second kappa shape index (κ2) is 7.58. The van der Waals surface area contributed by atoms with Gasteiger partial charge < -0.3 is 5.11 Å². The summed E-state index contributed by atoms with van der Waals surface area (Å²) < 4.78 is 29.0. The van der Waals surface area contributed by atoms with Gasteiger partial charge in [-0.3, -0.25) is 0 Å². The minimum absolute atomic E-state index is 0.0793. The predicted molar refractivity (Wildman–Crippen MR) is 107 cm³/mol. The quantitative estimate of drug-likeness (QED) is 0.738. The number of nitrogens with zero attached hydrogens (tertiary/aromatic N) is 1. The van der Waals surface area contributed by atoms with E-state index in [1.807, 2.05) is 19.9 Å². The zero-order chi connectivity index (χ0) is 19.8. The fraction of sp³-hybridized carbons (Fsp3) is 0.250. The van der Waals surface area contributed by atoms with Crippen molar-refractivity contribution >= 4 is 31.9 Å². The molecule has 5 nitrogen and oxygen atoms in total. The van der Waals surface area contributed by atoms with Gasteiger partial charge in [-0.1, -0.05) is 58.8 Å². The Hall–Kier alpha value is -1.96. The van der Waals surface area contributed by atoms with Gasteiger partial charge in [0.2, 0.25) is 10.0 Å². The molecular weight excluding hydrogens is 430 g/mol. The van der Waals surface area contributed by atoms with E-state index in [0.717, 1.165) is 10.0 Å². The maximum Gasteiger partial charge on any atom is 0.333 e. The van der Waals surface area contributed by atoms with Crippen LogP contribution >= 0.6 is 15.9 Å². The number of halogens is 1. The van der Waals surface area contributed by atoms with Gasteiger partial charge in [-0.25, -0.2) is 13.2 Å². The Kier molecular flexibility index (Phi) is 5.55. The molecule has 0 fully saturated rings. The second-order valence-corrected chi connectivity index (χ2v) is 9.27. The van der Waals surface area contributed by atoms with Crippen LogP contribution in [0.5, 0.6) is 0 Å². The molecule has 27 heavy (non-hydrogen) atoms. The molecule has 142 valence electrons. The van der Waals surface area contributed by atoms with E-state index in [2.05, 4.69) is 15.9 Å². The van der Waals surface area contributed by atoms with Crippen LogP contribution in [-0.2, 0) is 14.8 Å². The molecule has 2 atom stereocenters. The summed E-state index contributed by atoms with van der Waals surface area (Å²) in [6, 6.07) is 12.3. The topological polar surface area (TPSA) is 74.7 Å². The Morgan fingerprint density at radius 3 is 2.41 bits per heavy atom. The lowest BCUT2D eigenvalue weighted by Crippen LogP contribution is -2.38. The van der Waals surface area contributed by atoms with E-state index >= 15 is 0 Å². The highest BCUT2D eigenvalue weighted by molar-refractivity contribution is 9.10. The summed E-state index contributed by atoms with van der Waals surface area (Å²) in [6.45, 7) is 3.73. The van der Waals surface area contributed by atoms with Crippen molar-refractivity contribution in [3.63, 3.8) is 0 Å². The van der Waals surface area contributed by atoms with E-state index in [-0.39, 0.29) is 10.5 Å². The monoisotopic (exact) mass is 449 g/mol. The highest BCUT2D eigenvalue weighted by atomic mass is 79.9. The molecule has 0 spiro atoms. The van der Waals surface area contributed by atoms with Crippen LogP contribution in [0, 0.1) is 6.92 Å². The first kappa shape index (κ1) is 19.8. The molecule has 0 aliphatic carbocycles. The van der Waals surface area contributed by atoms with Crippen molar-refractivity contribution in [3.8, 4) is 0 Å². The smallest absolute Gasteiger partial charge is 0.333 e. The highest BCUT2D eigenvalue weighted by Crippen LogP contribution is 2.42. The van der Waals surface area contributed by atoms with Crippen LogP contribution in [0.2, 0.25) is 0 Å². The highest BCUT2D eigenvalue weighted by Gasteiger charge is 2.45. The zero-order valence-electron chi connectivity index (χ0n) is 15.0. The number of carboxylic acid groups (broad SMARTS) is 1. The van der Waals surface area contributed by atoms with Crippen molar-refractivity contribution in [1.82, 2.24) is 4.31 Å². The molecule has 7 heteroatoms. The fourth-order valence-electron chi connectivity index (χ4n) is 3.34. The average Bonchev–Trinajstić information content (AvgIpc) is 3.03. The van der Waals surface area contributed by atoms with Crippen molar-refractivity contribution in [2.24, 2.45) is 0 Å². The van der Waals surface area contributed by atoms with Crippen LogP contribution in [0.3, 0.4) is 0 Å². The summed E-state index contributed by atoms with van der Waals surface area (Å²) in [7, 11) is -3.89. The van der Waals surface area contributed by atoms with Gasteiger partial charge in [0.1, 0.15) is 0 Å². The lowest BCUT2D eigenvalue weighted by atomic mass is 10.0. The zero-order valence-corrected chi connectivity index (χ0v) is 17.4.